The maximum absolute atomic E-state index is 13.0. The molecule has 31 heavy (non-hydrogen) atoms. The SMILES string of the molecule is CN1CCc2c(c(N3CCOCC3)nc3sc(C(=O)NCc4ccccc4)c(N)c23)C1. The molecule has 1 aromatic carbocycles. The number of thiophene rings is 1. The number of nitrogens with two attached hydrogens (primary N) is 1. The number of aromatic nitrogens is 1. The third-order valence-corrected chi connectivity index (χ3v) is 7.15. The van der Waals surface area contributed by atoms with Crippen LogP contribution >= 0.6 is 11.3 Å². The van der Waals surface area contributed by atoms with E-state index in [4.69, 9.17) is 15.5 Å². The number of pyridine rings is 1. The molecule has 2 aromatic heterocycles. The number of hydrogen-bond acceptors (Lipinski definition) is 7. The second-order valence-corrected chi connectivity index (χ2v) is 9.17. The first-order valence-corrected chi connectivity index (χ1v) is 11.5. The summed E-state index contributed by atoms with van der Waals surface area (Å²) in [4.78, 5) is 24.0. The average molecular weight is 438 g/mol. The summed E-state index contributed by atoms with van der Waals surface area (Å²) in [5.74, 6) is 0.883. The summed E-state index contributed by atoms with van der Waals surface area (Å²) in [6, 6.07) is 9.90. The fourth-order valence-corrected chi connectivity index (χ4v) is 5.45. The zero-order valence-electron chi connectivity index (χ0n) is 17.7. The van der Waals surface area contributed by atoms with Gasteiger partial charge in [0.05, 0.1) is 18.9 Å². The van der Waals surface area contributed by atoms with Gasteiger partial charge in [0.1, 0.15) is 15.5 Å². The number of carbonyl (C=O) groups is 1. The minimum absolute atomic E-state index is 0.140. The maximum Gasteiger partial charge on any atom is 0.263 e. The molecule has 3 N–H and O–H groups in total. The van der Waals surface area contributed by atoms with Gasteiger partial charge in [0.25, 0.3) is 5.91 Å². The number of likely N-dealkylation sites (N-methyl/N-ethyl adjacent to an activating group) is 1. The van der Waals surface area contributed by atoms with Crippen LogP contribution in [0.3, 0.4) is 0 Å². The third kappa shape index (κ3) is 3.86. The second-order valence-electron chi connectivity index (χ2n) is 8.17. The number of ether oxygens (including phenoxy) is 1. The van der Waals surface area contributed by atoms with Crippen LogP contribution in [0.25, 0.3) is 10.2 Å². The van der Waals surface area contributed by atoms with Crippen molar-refractivity contribution in [3.8, 4) is 0 Å². The van der Waals surface area contributed by atoms with Gasteiger partial charge in [-0.3, -0.25) is 4.79 Å². The Morgan fingerprint density at radius 3 is 2.74 bits per heavy atom. The summed E-state index contributed by atoms with van der Waals surface area (Å²) >= 11 is 1.40. The molecule has 1 fully saturated rings. The Bertz CT molecular complexity index is 1110. The Labute approximate surface area is 185 Å². The van der Waals surface area contributed by atoms with Crippen LogP contribution < -0.4 is 16.0 Å². The molecule has 2 aliphatic heterocycles. The molecule has 1 amide bonds. The number of hydrogen-bond donors (Lipinski definition) is 2. The lowest BCUT2D eigenvalue weighted by molar-refractivity contribution is 0.0956. The van der Waals surface area contributed by atoms with E-state index in [1.807, 2.05) is 30.3 Å². The topological polar surface area (TPSA) is 83.7 Å². The first-order chi connectivity index (χ1) is 15.1. The van der Waals surface area contributed by atoms with Crippen molar-refractivity contribution in [2.24, 2.45) is 0 Å². The van der Waals surface area contributed by atoms with Crippen LogP contribution in [0.1, 0.15) is 26.4 Å². The fraction of sp³-hybridized carbons (Fsp3) is 0.391. The van der Waals surface area contributed by atoms with E-state index in [9.17, 15) is 4.79 Å². The zero-order chi connectivity index (χ0) is 21.4. The predicted octanol–water partition coefficient (Wildman–Crippen LogP) is 2.63. The second kappa shape index (κ2) is 8.45. The first kappa shape index (κ1) is 20.2. The van der Waals surface area contributed by atoms with Crippen molar-refractivity contribution in [1.29, 1.82) is 0 Å². The highest BCUT2D eigenvalue weighted by molar-refractivity contribution is 7.21. The van der Waals surface area contributed by atoms with Crippen LogP contribution in [0.2, 0.25) is 0 Å². The quantitative estimate of drug-likeness (QED) is 0.653. The largest absolute Gasteiger partial charge is 0.397 e. The van der Waals surface area contributed by atoms with Gasteiger partial charge in [0.2, 0.25) is 0 Å². The van der Waals surface area contributed by atoms with Gasteiger partial charge in [-0.1, -0.05) is 30.3 Å². The van der Waals surface area contributed by atoms with E-state index >= 15 is 0 Å². The molecule has 0 radical (unpaired) electrons. The Morgan fingerprint density at radius 2 is 1.97 bits per heavy atom. The van der Waals surface area contributed by atoms with E-state index in [-0.39, 0.29) is 5.91 Å². The molecule has 0 atom stereocenters. The van der Waals surface area contributed by atoms with E-state index in [2.05, 4.69) is 22.2 Å². The summed E-state index contributed by atoms with van der Waals surface area (Å²) < 4.78 is 5.54. The summed E-state index contributed by atoms with van der Waals surface area (Å²) in [6.07, 6.45) is 0.911. The third-order valence-electron chi connectivity index (χ3n) is 6.05. The summed E-state index contributed by atoms with van der Waals surface area (Å²) in [5.41, 5.74) is 10.7. The molecule has 8 heteroatoms. The van der Waals surface area contributed by atoms with E-state index < -0.39 is 0 Å². The Morgan fingerprint density at radius 1 is 1.19 bits per heavy atom. The molecule has 5 rings (SSSR count). The number of nitrogens with zero attached hydrogens (tertiary/aromatic N) is 3. The lowest BCUT2D eigenvalue weighted by Gasteiger charge is -2.33. The highest BCUT2D eigenvalue weighted by Crippen LogP contribution is 2.41. The van der Waals surface area contributed by atoms with Crippen molar-refractivity contribution in [2.75, 3.05) is 50.5 Å². The number of anilines is 2. The highest BCUT2D eigenvalue weighted by Gasteiger charge is 2.28. The minimum Gasteiger partial charge on any atom is -0.397 e. The van der Waals surface area contributed by atoms with Crippen molar-refractivity contribution >= 4 is 39.0 Å². The van der Waals surface area contributed by atoms with Gasteiger partial charge < -0.3 is 25.6 Å². The van der Waals surface area contributed by atoms with Gasteiger partial charge in [-0.2, -0.15) is 0 Å². The van der Waals surface area contributed by atoms with Crippen LogP contribution in [0.5, 0.6) is 0 Å². The van der Waals surface area contributed by atoms with Gasteiger partial charge in [-0.15, -0.1) is 11.3 Å². The average Bonchev–Trinajstić information content (AvgIpc) is 3.14. The Balaban J connectivity index is 1.53. The van der Waals surface area contributed by atoms with E-state index in [1.54, 1.807) is 0 Å². The minimum atomic E-state index is -0.140. The first-order valence-electron chi connectivity index (χ1n) is 10.7. The van der Waals surface area contributed by atoms with Crippen LogP contribution in [-0.2, 0) is 24.2 Å². The van der Waals surface area contributed by atoms with Crippen molar-refractivity contribution in [2.45, 2.75) is 19.5 Å². The van der Waals surface area contributed by atoms with Gasteiger partial charge in [0, 0.05) is 43.7 Å². The number of morpholine rings is 1. The molecular formula is C23H27N5O2S. The molecule has 0 saturated carbocycles. The van der Waals surface area contributed by atoms with Crippen LogP contribution in [0.4, 0.5) is 11.5 Å². The van der Waals surface area contributed by atoms with Gasteiger partial charge >= 0.3 is 0 Å². The number of fused-ring (bicyclic) bond motifs is 3. The maximum atomic E-state index is 13.0. The van der Waals surface area contributed by atoms with Crippen LogP contribution in [-0.4, -0.2) is 55.7 Å². The molecular weight excluding hydrogens is 410 g/mol. The van der Waals surface area contributed by atoms with E-state index in [0.29, 0.717) is 30.3 Å². The standard InChI is InChI=1S/C23H27N5O2S/c1-27-8-7-16-17(14-27)21(28-9-11-30-12-10-28)26-23-18(16)19(24)20(31-23)22(29)25-13-15-5-3-2-4-6-15/h2-6H,7-14,24H2,1H3,(H,25,29). The molecule has 4 heterocycles. The van der Waals surface area contributed by atoms with Crippen molar-refractivity contribution in [3.63, 3.8) is 0 Å². The number of amides is 1. The van der Waals surface area contributed by atoms with Gasteiger partial charge in [0.15, 0.2) is 0 Å². The number of nitrogen functional groups attached to an aromatic ring is 1. The molecule has 3 aromatic rings. The van der Waals surface area contributed by atoms with Crippen LogP contribution in [0.15, 0.2) is 30.3 Å². The fourth-order valence-electron chi connectivity index (χ4n) is 4.41. The molecule has 2 aliphatic rings. The molecule has 0 aliphatic carbocycles. The molecule has 0 spiro atoms. The highest BCUT2D eigenvalue weighted by atomic mass is 32.1. The predicted molar refractivity (Wildman–Crippen MR) is 125 cm³/mol. The molecule has 0 bridgehead atoms. The Kier molecular flexibility index (Phi) is 5.52. The molecule has 162 valence electrons. The normalized spacial score (nSPS) is 17.0. The van der Waals surface area contributed by atoms with Crippen molar-refractivity contribution < 1.29 is 9.53 Å². The number of benzene rings is 1. The van der Waals surface area contributed by atoms with E-state index in [1.165, 1.54) is 22.5 Å². The number of rotatable bonds is 4. The number of nitrogens with one attached hydrogen (secondary N) is 1. The number of carbonyl (C=O) groups excluding carboxylic acids is 1. The monoisotopic (exact) mass is 437 g/mol. The van der Waals surface area contributed by atoms with Crippen LogP contribution in [0, 0.1) is 0 Å². The summed E-state index contributed by atoms with van der Waals surface area (Å²) in [6.45, 7) is 5.38. The van der Waals surface area contributed by atoms with Crippen molar-refractivity contribution in [1.82, 2.24) is 15.2 Å². The lowest BCUT2D eigenvalue weighted by atomic mass is 9.96. The van der Waals surface area contributed by atoms with Gasteiger partial charge in [-0.25, -0.2) is 4.98 Å². The van der Waals surface area contributed by atoms with Crippen molar-refractivity contribution in [3.05, 3.63) is 51.9 Å². The zero-order valence-corrected chi connectivity index (χ0v) is 18.5. The summed E-state index contributed by atoms with van der Waals surface area (Å²) in [5, 5.41) is 3.98. The van der Waals surface area contributed by atoms with Gasteiger partial charge in [-0.05, 0) is 24.6 Å². The molecule has 0 unspecified atom stereocenters. The Hall–Kier alpha value is -2.68. The van der Waals surface area contributed by atoms with E-state index in [0.717, 1.165) is 54.2 Å². The molecule has 7 nitrogen and oxygen atoms in total. The lowest BCUT2D eigenvalue weighted by Crippen LogP contribution is -2.39. The summed E-state index contributed by atoms with van der Waals surface area (Å²) in [7, 11) is 2.13. The molecule has 1 saturated heterocycles. The smallest absolute Gasteiger partial charge is 0.263 e.